The van der Waals surface area contributed by atoms with Crippen molar-refractivity contribution in [2.24, 2.45) is 5.92 Å². The number of benzene rings is 1. The second kappa shape index (κ2) is 6.69. The normalized spacial score (nSPS) is 19.1. The van der Waals surface area contributed by atoms with Crippen molar-refractivity contribution in [1.82, 2.24) is 10.2 Å². The topological polar surface area (TPSA) is 15.3 Å². The number of nitrogens with zero attached hydrogens (tertiary/aromatic N) is 1. The third kappa shape index (κ3) is 3.81. The van der Waals surface area contributed by atoms with Crippen LogP contribution >= 0.6 is 15.9 Å². The minimum absolute atomic E-state index is 0.560. The van der Waals surface area contributed by atoms with E-state index in [9.17, 15) is 0 Å². The van der Waals surface area contributed by atoms with Crippen molar-refractivity contribution in [1.29, 1.82) is 0 Å². The van der Waals surface area contributed by atoms with Crippen LogP contribution in [-0.4, -0.2) is 31.1 Å². The highest BCUT2D eigenvalue weighted by Gasteiger charge is 2.22. The fourth-order valence-corrected chi connectivity index (χ4v) is 3.07. The summed E-state index contributed by atoms with van der Waals surface area (Å²) in [7, 11) is 0. The lowest BCUT2D eigenvalue weighted by atomic mass is 9.95. The first-order valence-electron chi connectivity index (χ1n) is 6.87. The summed E-state index contributed by atoms with van der Waals surface area (Å²) in [5.41, 5.74) is 1.44. The molecule has 100 valence electrons. The zero-order valence-electron chi connectivity index (χ0n) is 11.3. The van der Waals surface area contributed by atoms with Crippen LogP contribution in [0.3, 0.4) is 0 Å². The Balaban J connectivity index is 2.18. The Labute approximate surface area is 119 Å². The maximum atomic E-state index is 3.59. The Morgan fingerprint density at radius 1 is 1.28 bits per heavy atom. The molecule has 0 amide bonds. The highest BCUT2D eigenvalue weighted by Crippen LogP contribution is 2.29. The summed E-state index contributed by atoms with van der Waals surface area (Å²) in [4.78, 5) is 2.62. The lowest BCUT2D eigenvalue weighted by Gasteiger charge is -2.36. The van der Waals surface area contributed by atoms with Gasteiger partial charge in [-0.3, -0.25) is 4.90 Å². The summed E-state index contributed by atoms with van der Waals surface area (Å²) >= 11 is 3.59. The number of hydrogen-bond donors (Lipinski definition) is 1. The van der Waals surface area contributed by atoms with Crippen LogP contribution in [0.25, 0.3) is 0 Å². The van der Waals surface area contributed by atoms with Crippen molar-refractivity contribution in [2.45, 2.75) is 26.3 Å². The summed E-state index contributed by atoms with van der Waals surface area (Å²) in [5, 5.41) is 3.43. The monoisotopic (exact) mass is 310 g/mol. The van der Waals surface area contributed by atoms with Crippen molar-refractivity contribution >= 4 is 15.9 Å². The minimum Gasteiger partial charge on any atom is -0.314 e. The molecule has 0 radical (unpaired) electrons. The molecule has 1 aliphatic rings. The number of hydrogen-bond acceptors (Lipinski definition) is 2. The molecular formula is C15H23BrN2. The molecule has 1 N–H and O–H groups in total. The van der Waals surface area contributed by atoms with Gasteiger partial charge in [0.2, 0.25) is 0 Å². The van der Waals surface area contributed by atoms with Crippen LogP contribution in [0.2, 0.25) is 0 Å². The Hall–Kier alpha value is -0.380. The van der Waals surface area contributed by atoms with Gasteiger partial charge in [-0.1, -0.05) is 41.9 Å². The molecule has 1 heterocycles. The highest BCUT2D eigenvalue weighted by atomic mass is 79.9. The molecule has 1 aromatic carbocycles. The van der Waals surface area contributed by atoms with Crippen molar-refractivity contribution in [2.75, 3.05) is 26.2 Å². The molecule has 3 heteroatoms. The van der Waals surface area contributed by atoms with Crippen molar-refractivity contribution in [3.05, 3.63) is 34.3 Å². The second-order valence-corrected chi connectivity index (χ2v) is 6.40. The SMILES string of the molecule is CC(C)C[C@H](c1cccc(Br)c1)N1CCNCC1. The predicted octanol–water partition coefficient (Wildman–Crippen LogP) is 3.44. The van der Waals surface area contributed by atoms with Crippen LogP contribution in [-0.2, 0) is 0 Å². The van der Waals surface area contributed by atoms with Crippen molar-refractivity contribution in [3.8, 4) is 0 Å². The highest BCUT2D eigenvalue weighted by molar-refractivity contribution is 9.10. The zero-order valence-corrected chi connectivity index (χ0v) is 12.9. The van der Waals surface area contributed by atoms with E-state index in [2.05, 4.69) is 64.3 Å². The molecule has 1 fully saturated rings. The molecule has 1 aliphatic heterocycles. The lowest BCUT2D eigenvalue weighted by molar-refractivity contribution is 0.154. The van der Waals surface area contributed by atoms with E-state index in [-0.39, 0.29) is 0 Å². The molecule has 0 aliphatic carbocycles. The van der Waals surface area contributed by atoms with E-state index in [1.54, 1.807) is 0 Å². The zero-order chi connectivity index (χ0) is 13.0. The maximum Gasteiger partial charge on any atom is 0.0352 e. The average molecular weight is 311 g/mol. The Morgan fingerprint density at radius 3 is 2.61 bits per heavy atom. The summed E-state index contributed by atoms with van der Waals surface area (Å²) in [5.74, 6) is 0.726. The van der Waals surface area contributed by atoms with Gasteiger partial charge in [-0.05, 0) is 30.0 Å². The van der Waals surface area contributed by atoms with E-state index < -0.39 is 0 Å². The Kier molecular flexibility index (Phi) is 5.22. The molecule has 0 aromatic heterocycles. The van der Waals surface area contributed by atoms with Gasteiger partial charge in [0, 0.05) is 36.7 Å². The number of halogens is 1. The summed E-state index contributed by atoms with van der Waals surface area (Å²) in [6.45, 7) is 9.17. The smallest absolute Gasteiger partial charge is 0.0352 e. The van der Waals surface area contributed by atoms with Crippen LogP contribution in [0.4, 0.5) is 0 Å². The average Bonchev–Trinajstić information content (AvgIpc) is 2.37. The first-order chi connectivity index (χ1) is 8.66. The predicted molar refractivity (Wildman–Crippen MR) is 80.8 cm³/mol. The number of rotatable bonds is 4. The van der Waals surface area contributed by atoms with Crippen LogP contribution < -0.4 is 5.32 Å². The molecule has 1 saturated heterocycles. The maximum absolute atomic E-state index is 3.59. The van der Waals surface area contributed by atoms with E-state index in [0.29, 0.717) is 6.04 Å². The van der Waals surface area contributed by atoms with Crippen LogP contribution in [0.15, 0.2) is 28.7 Å². The largest absolute Gasteiger partial charge is 0.314 e. The molecule has 0 bridgehead atoms. The second-order valence-electron chi connectivity index (χ2n) is 5.49. The first kappa shape index (κ1) is 14.0. The minimum atomic E-state index is 0.560. The van der Waals surface area contributed by atoms with Crippen LogP contribution in [0.5, 0.6) is 0 Å². The van der Waals surface area contributed by atoms with E-state index >= 15 is 0 Å². The third-order valence-electron chi connectivity index (χ3n) is 3.52. The van der Waals surface area contributed by atoms with Crippen molar-refractivity contribution in [3.63, 3.8) is 0 Å². The van der Waals surface area contributed by atoms with Gasteiger partial charge in [-0.25, -0.2) is 0 Å². The van der Waals surface area contributed by atoms with Gasteiger partial charge < -0.3 is 5.32 Å². The molecule has 1 atom stereocenters. The van der Waals surface area contributed by atoms with Gasteiger partial charge in [0.25, 0.3) is 0 Å². The molecule has 2 rings (SSSR count). The number of piperazine rings is 1. The molecule has 0 unspecified atom stereocenters. The lowest BCUT2D eigenvalue weighted by Crippen LogP contribution is -2.45. The standard InChI is InChI=1S/C15H23BrN2/c1-12(2)10-15(18-8-6-17-7-9-18)13-4-3-5-14(16)11-13/h3-5,11-12,15,17H,6-10H2,1-2H3/t15-/m1/s1. The quantitative estimate of drug-likeness (QED) is 0.916. The molecule has 0 saturated carbocycles. The first-order valence-corrected chi connectivity index (χ1v) is 7.66. The van der Waals surface area contributed by atoms with Crippen LogP contribution in [0.1, 0.15) is 31.9 Å². The summed E-state index contributed by atoms with van der Waals surface area (Å²) in [6.07, 6.45) is 1.23. The molecule has 18 heavy (non-hydrogen) atoms. The van der Waals surface area contributed by atoms with Gasteiger partial charge in [0.15, 0.2) is 0 Å². The Bertz CT molecular complexity index is 373. The van der Waals surface area contributed by atoms with Crippen molar-refractivity contribution < 1.29 is 0 Å². The van der Waals surface area contributed by atoms with E-state index in [1.165, 1.54) is 16.5 Å². The fourth-order valence-electron chi connectivity index (χ4n) is 2.65. The molecular weight excluding hydrogens is 288 g/mol. The number of nitrogens with one attached hydrogen (secondary N) is 1. The summed E-state index contributed by atoms with van der Waals surface area (Å²) in [6, 6.07) is 9.35. The summed E-state index contributed by atoms with van der Waals surface area (Å²) < 4.78 is 1.18. The van der Waals surface area contributed by atoms with Gasteiger partial charge >= 0.3 is 0 Å². The molecule has 0 spiro atoms. The molecule has 2 nitrogen and oxygen atoms in total. The van der Waals surface area contributed by atoms with Gasteiger partial charge in [-0.2, -0.15) is 0 Å². The molecule has 1 aromatic rings. The van der Waals surface area contributed by atoms with Gasteiger partial charge in [0.05, 0.1) is 0 Å². The van der Waals surface area contributed by atoms with Gasteiger partial charge in [0.1, 0.15) is 0 Å². The Morgan fingerprint density at radius 2 is 2.00 bits per heavy atom. The van der Waals surface area contributed by atoms with E-state index in [1.807, 2.05) is 0 Å². The fraction of sp³-hybridized carbons (Fsp3) is 0.600. The van der Waals surface area contributed by atoms with E-state index in [0.717, 1.165) is 32.1 Å². The third-order valence-corrected chi connectivity index (χ3v) is 4.01. The van der Waals surface area contributed by atoms with Gasteiger partial charge in [-0.15, -0.1) is 0 Å². The van der Waals surface area contributed by atoms with E-state index in [4.69, 9.17) is 0 Å². The van der Waals surface area contributed by atoms with Crippen LogP contribution in [0, 0.1) is 5.92 Å².